The summed E-state index contributed by atoms with van der Waals surface area (Å²) in [6.07, 6.45) is -0.0205. The monoisotopic (exact) mass is 444 g/mol. The summed E-state index contributed by atoms with van der Waals surface area (Å²) in [5.74, 6) is -4.90. The molecule has 0 bridgehead atoms. The maximum atomic E-state index is 14.8. The number of hydrogen-bond acceptors (Lipinski definition) is 4. The number of amides is 1. The highest BCUT2D eigenvalue weighted by Crippen LogP contribution is 2.49. The molecule has 1 unspecified atom stereocenters. The van der Waals surface area contributed by atoms with Gasteiger partial charge >= 0.3 is 5.97 Å². The quantitative estimate of drug-likeness (QED) is 0.699. The topological polar surface area (TPSA) is 60.9 Å². The van der Waals surface area contributed by atoms with Crippen molar-refractivity contribution < 1.29 is 27.9 Å². The van der Waals surface area contributed by atoms with Crippen molar-refractivity contribution in [3.8, 4) is 0 Å². The van der Waals surface area contributed by atoms with E-state index in [2.05, 4.69) is 0 Å². The minimum Gasteiger partial charge on any atom is -0.481 e. The van der Waals surface area contributed by atoms with E-state index in [1.807, 2.05) is 20.8 Å². The van der Waals surface area contributed by atoms with Crippen molar-refractivity contribution in [3.63, 3.8) is 0 Å². The molecular weight excluding hydrogens is 417 g/mol. The minimum absolute atomic E-state index is 0.0206. The van der Waals surface area contributed by atoms with E-state index in [0.717, 1.165) is 11.8 Å². The first kappa shape index (κ1) is 22.8. The van der Waals surface area contributed by atoms with Crippen molar-refractivity contribution in [2.75, 3.05) is 24.5 Å². The SMILES string of the molecule is CC(C)(C)CCN1C(=O)[C@H](CC(=O)O)SC1c1cccc(F)c1N1CCC(F)(F)C1. The number of carbonyl (C=O) groups is 2. The highest BCUT2D eigenvalue weighted by molar-refractivity contribution is 8.01. The van der Waals surface area contributed by atoms with Crippen molar-refractivity contribution in [1.82, 2.24) is 4.90 Å². The van der Waals surface area contributed by atoms with Crippen LogP contribution in [0.5, 0.6) is 0 Å². The Kier molecular flexibility index (Phi) is 6.32. The predicted octanol–water partition coefficient (Wildman–Crippen LogP) is 4.52. The number of carboxylic acid groups (broad SMARTS) is 1. The van der Waals surface area contributed by atoms with Gasteiger partial charge in [0.1, 0.15) is 11.2 Å². The highest BCUT2D eigenvalue weighted by Gasteiger charge is 2.45. The average molecular weight is 445 g/mol. The summed E-state index contributed by atoms with van der Waals surface area (Å²) in [6.45, 7) is 5.92. The van der Waals surface area contributed by atoms with Gasteiger partial charge < -0.3 is 14.9 Å². The Morgan fingerprint density at radius 1 is 1.33 bits per heavy atom. The van der Waals surface area contributed by atoms with Gasteiger partial charge in [-0.2, -0.15) is 0 Å². The number of para-hydroxylation sites is 1. The van der Waals surface area contributed by atoms with Crippen LogP contribution in [0.25, 0.3) is 0 Å². The molecule has 1 aromatic carbocycles. The maximum Gasteiger partial charge on any atom is 0.305 e. The standard InChI is InChI=1S/C21H27F3N2O3S/c1-20(2,3)7-10-26-18(29)15(11-16(27)28)30-19(26)13-5-4-6-14(22)17(13)25-9-8-21(23,24)12-25/h4-6,15,19H,7-12H2,1-3H3,(H,27,28)/t15-,19?/m0/s1. The second-order valence-electron chi connectivity index (χ2n) is 9.12. The van der Waals surface area contributed by atoms with E-state index in [9.17, 15) is 27.9 Å². The van der Waals surface area contributed by atoms with Crippen molar-refractivity contribution in [3.05, 3.63) is 29.6 Å². The third-order valence-electron chi connectivity index (χ3n) is 5.37. The third kappa shape index (κ3) is 5.04. The van der Waals surface area contributed by atoms with Crippen LogP contribution in [0.2, 0.25) is 0 Å². The van der Waals surface area contributed by atoms with E-state index in [1.165, 1.54) is 17.0 Å². The van der Waals surface area contributed by atoms with Crippen LogP contribution < -0.4 is 4.90 Å². The zero-order chi connectivity index (χ0) is 22.3. The molecule has 166 valence electrons. The number of carbonyl (C=O) groups excluding carboxylic acids is 1. The summed E-state index contributed by atoms with van der Waals surface area (Å²) < 4.78 is 42.5. The Morgan fingerprint density at radius 3 is 2.60 bits per heavy atom. The van der Waals surface area contributed by atoms with Crippen LogP contribution in [0.1, 0.15) is 51.0 Å². The van der Waals surface area contributed by atoms with Gasteiger partial charge in [0.05, 0.1) is 23.9 Å². The lowest BCUT2D eigenvalue weighted by atomic mass is 9.92. The number of aliphatic carboxylic acids is 1. The van der Waals surface area contributed by atoms with Crippen molar-refractivity contribution in [2.45, 2.75) is 56.6 Å². The van der Waals surface area contributed by atoms with E-state index in [0.29, 0.717) is 18.5 Å². The van der Waals surface area contributed by atoms with Gasteiger partial charge in [-0.3, -0.25) is 9.59 Å². The molecule has 2 atom stereocenters. The molecule has 3 rings (SSSR count). The first-order chi connectivity index (χ1) is 13.9. The zero-order valence-corrected chi connectivity index (χ0v) is 18.1. The van der Waals surface area contributed by atoms with Crippen LogP contribution in [0.4, 0.5) is 18.9 Å². The number of alkyl halides is 2. The molecule has 2 aliphatic rings. The number of carboxylic acids is 1. The second-order valence-corrected chi connectivity index (χ2v) is 10.4. The van der Waals surface area contributed by atoms with E-state index in [1.54, 1.807) is 11.0 Å². The van der Waals surface area contributed by atoms with E-state index in [-0.39, 0.29) is 36.4 Å². The zero-order valence-electron chi connectivity index (χ0n) is 17.3. The molecule has 30 heavy (non-hydrogen) atoms. The molecule has 0 radical (unpaired) electrons. The van der Waals surface area contributed by atoms with E-state index < -0.39 is 34.9 Å². The van der Waals surface area contributed by atoms with Crippen LogP contribution in [0.3, 0.4) is 0 Å². The van der Waals surface area contributed by atoms with Crippen LogP contribution in [-0.2, 0) is 9.59 Å². The Labute approximate surface area is 178 Å². The normalized spacial score (nSPS) is 24.0. The third-order valence-corrected chi connectivity index (χ3v) is 6.83. The Bertz CT molecular complexity index is 828. The Balaban J connectivity index is 1.97. The fourth-order valence-corrected chi connectivity index (χ4v) is 5.29. The van der Waals surface area contributed by atoms with Crippen LogP contribution >= 0.6 is 11.8 Å². The Morgan fingerprint density at radius 2 is 2.03 bits per heavy atom. The van der Waals surface area contributed by atoms with Crippen molar-refractivity contribution in [1.29, 1.82) is 0 Å². The summed E-state index contributed by atoms with van der Waals surface area (Å²) >= 11 is 1.16. The molecule has 2 saturated heterocycles. The summed E-state index contributed by atoms with van der Waals surface area (Å²) in [7, 11) is 0. The molecule has 2 aliphatic heterocycles. The fourth-order valence-electron chi connectivity index (χ4n) is 3.80. The first-order valence-corrected chi connectivity index (χ1v) is 10.9. The molecule has 0 aliphatic carbocycles. The van der Waals surface area contributed by atoms with E-state index >= 15 is 0 Å². The van der Waals surface area contributed by atoms with Gasteiger partial charge in [-0.15, -0.1) is 11.8 Å². The summed E-state index contributed by atoms with van der Waals surface area (Å²) in [5.41, 5.74) is 0.451. The van der Waals surface area contributed by atoms with E-state index in [4.69, 9.17) is 0 Å². The maximum absolute atomic E-state index is 14.8. The lowest BCUT2D eigenvalue weighted by Crippen LogP contribution is -2.35. The van der Waals surface area contributed by atoms with Crippen LogP contribution in [-0.4, -0.2) is 52.7 Å². The summed E-state index contributed by atoms with van der Waals surface area (Å²) in [6, 6.07) is 4.37. The molecule has 9 heteroatoms. The summed E-state index contributed by atoms with van der Waals surface area (Å²) in [4.78, 5) is 27.1. The van der Waals surface area contributed by atoms with Crippen molar-refractivity contribution in [2.24, 2.45) is 5.41 Å². The van der Waals surface area contributed by atoms with Crippen molar-refractivity contribution >= 4 is 29.3 Å². The minimum atomic E-state index is -2.89. The number of benzene rings is 1. The van der Waals surface area contributed by atoms with Gasteiger partial charge in [0.15, 0.2) is 0 Å². The highest BCUT2D eigenvalue weighted by atomic mass is 32.2. The first-order valence-electron chi connectivity index (χ1n) is 9.97. The molecule has 1 aromatic rings. The van der Waals surface area contributed by atoms with Crippen LogP contribution in [0.15, 0.2) is 18.2 Å². The fraction of sp³-hybridized carbons (Fsp3) is 0.619. The van der Waals surface area contributed by atoms with Gasteiger partial charge in [0.2, 0.25) is 5.91 Å². The van der Waals surface area contributed by atoms with Gasteiger partial charge in [0.25, 0.3) is 5.92 Å². The number of halogens is 3. The molecule has 0 saturated carbocycles. The average Bonchev–Trinajstić information content (AvgIpc) is 3.11. The van der Waals surface area contributed by atoms with Gasteiger partial charge in [-0.25, -0.2) is 13.2 Å². The number of hydrogen-bond donors (Lipinski definition) is 1. The molecule has 5 nitrogen and oxygen atoms in total. The molecule has 1 N–H and O–H groups in total. The lowest BCUT2D eigenvalue weighted by Gasteiger charge is -2.31. The molecule has 0 aromatic heterocycles. The largest absolute Gasteiger partial charge is 0.481 e. The number of thioether (sulfide) groups is 1. The van der Waals surface area contributed by atoms with Gasteiger partial charge in [-0.05, 0) is 17.9 Å². The molecule has 2 fully saturated rings. The summed E-state index contributed by atoms with van der Waals surface area (Å²) in [5, 5.41) is 7.78. The Hall–Kier alpha value is -1.90. The predicted molar refractivity (Wildman–Crippen MR) is 110 cm³/mol. The van der Waals surface area contributed by atoms with Gasteiger partial charge in [-0.1, -0.05) is 32.9 Å². The van der Waals surface area contributed by atoms with Crippen LogP contribution in [0, 0.1) is 11.2 Å². The smallest absolute Gasteiger partial charge is 0.305 e. The molecule has 1 amide bonds. The number of anilines is 1. The molecular formula is C21H27F3N2O3S. The van der Waals surface area contributed by atoms with Gasteiger partial charge in [0, 0.05) is 25.1 Å². The second kappa shape index (κ2) is 8.32. The lowest BCUT2D eigenvalue weighted by molar-refractivity contribution is -0.140. The molecule has 0 spiro atoms. The molecule has 2 heterocycles. The number of rotatable bonds is 6. The number of nitrogens with zero attached hydrogens (tertiary/aromatic N) is 2.